The van der Waals surface area contributed by atoms with E-state index in [9.17, 15) is 19.8 Å². The number of Topliss-reactive ketones (excluding diaryl/α,β-unsaturated/α-hetero) is 1. The predicted octanol–water partition coefficient (Wildman–Crippen LogP) is 3.75. The lowest BCUT2D eigenvalue weighted by molar-refractivity contribution is -0.201. The van der Waals surface area contributed by atoms with Crippen LogP contribution in [0.2, 0.25) is 0 Å². The molecule has 0 aliphatic heterocycles. The summed E-state index contributed by atoms with van der Waals surface area (Å²) in [6.45, 7) is 6.78. The molecule has 5 nitrogen and oxygen atoms in total. The number of hydrogen-bond acceptors (Lipinski definition) is 5. The summed E-state index contributed by atoms with van der Waals surface area (Å²) in [5.74, 6) is 1.92. The van der Waals surface area contributed by atoms with Gasteiger partial charge in [-0.2, -0.15) is 0 Å². The van der Waals surface area contributed by atoms with Crippen molar-refractivity contribution in [3.05, 3.63) is 0 Å². The highest BCUT2D eigenvalue weighted by Crippen LogP contribution is 2.68. The van der Waals surface area contributed by atoms with Gasteiger partial charge in [0.2, 0.25) is 0 Å². The maximum Gasteiger partial charge on any atom is 0.305 e. The Bertz CT molecular complexity index is 691. The molecule has 4 rings (SSSR count). The van der Waals surface area contributed by atoms with E-state index in [2.05, 4.69) is 20.8 Å². The van der Waals surface area contributed by atoms with Gasteiger partial charge in [-0.25, -0.2) is 0 Å². The zero-order valence-electron chi connectivity index (χ0n) is 19.1. The summed E-state index contributed by atoms with van der Waals surface area (Å²) in [5, 5.41) is 22.8. The third kappa shape index (κ3) is 3.26. The number of hydrogen-bond donors (Lipinski definition) is 2. The van der Waals surface area contributed by atoms with E-state index in [0.717, 1.165) is 38.5 Å². The van der Waals surface area contributed by atoms with Gasteiger partial charge in [0.25, 0.3) is 0 Å². The molecule has 1 unspecified atom stereocenters. The normalized spacial score (nSPS) is 49.0. The summed E-state index contributed by atoms with van der Waals surface area (Å²) in [5.41, 5.74) is -0.167. The molecule has 4 aliphatic rings. The topological polar surface area (TPSA) is 83.8 Å². The SMILES string of the molecule is COC(=O)CC[C@H](C)[C@@H]1CCC2[C@@H]3[C@@H](C[C@@H](O)[C@]21C)[C@]1(C)CCC(=O)C[C@H]1C[C@@H]3O. The van der Waals surface area contributed by atoms with Gasteiger partial charge < -0.3 is 14.9 Å². The lowest BCUT2D eigenvalue weighted by Crippen LogP contribution is -2.62. The molecule has 0 radical (unpaired) electrons. The van der Waals surface area contributed by atoms with Crippen molar-refractivity contribution in [3.8, 4) is 0 Å². The Morgan fingerprint density at radius 2 is 1.93 bits per heavy atom. The van der Waals surface area contributed by atoms with E-state index in [4.69, 9.17) is 4.74 Å². The zero-order chi connectivity index (χ0) is 21.8. The van der Waals surface area contributed by atoms with E-state index in [1.165, 1.54) is 7.11 Å². The fraction of sp³-hybridized carbons (Fsp3) is 0.920. The van der Waals surface area contributed by atoms with E-state index < -0.39 is 6.10 Å². The first-order chi connectivity index (χ1) is 14.1. The molecule has 10 atom stereocenters. The highest BCUT2D eigenvalue weighted by Gasteiger charge is 2.65. The average molecular weight is 421 g/mol. The van der Waals surface area contributed by atoms with Crippen LogP contribution in [0.25, 0.3) is 0 Å². The lowest BCUT2D eigenvalue weighted by Gasteiger charge is -2.63. The van der Waals surface area contributed by atoms with Crippen LogP contribution in [0, 0.1) is 46.3 Å². The number of ketones is 1. The molecule has 0 aromatic carbocycles. The molecule has 4 saturated carbocycles. The molecule has 0 spiro atoms. The fourth-order valence-corrected chi connectivity index (χ4v) is 8.59. The maximum absolute atomic E-state index is 12.1. The van der Waals surface area contributed by atoms with Crippen LogP contribution in [0.1, 0.15) is 78.6 Å². The molecule has 0 amide bonds. The molecule has 2 N–H and O–H groups in total. The summed E-state index contributed by atoms with van der Waals surface area (Å²) in [4.78, 5) is 23.8. The Balaban J connectivity index is 1.58. The summed E-state index contributed by atoms with van der Waals surface area (Å²) < 4.78 is 4.82. The minimum atomic E-state index is -0.391. The minimum Gasteiger partial charge on any atom is -0.469 e. The van der Waals surface area contributed by atoms with Crippen LogP contribution in [-0.4, -0.2) is 41.3 Å². The molecule has 4 fully saturated rings. The van der Waals surface area contributed by atoms with Crippen LogP contribution in [0.5, 0.6) is 0 Å². The van der Waals surface area contributed by atoms with Crippen molar-refractivity contribution in [1.29, 1.82) is 0 Å². The van der Waals surface area contributed by atoms with E-state index in [0.29, 0.717) is 42.8 Å². The Kier molecular flexibility index (Phi) is 5.85. The molecular weight excluding hydrogens is 380 g/mol. The van der Waals surface area contributed by atoms with Gasteiger partial charge in [0.1, 0.15) is 5.78 Å². The van der Waals surface area contributed by atoms with Crippen LogP contribution in [-0.2, 0) is 14.3 Å². The van der Waals surface area contributed by atoms with Crippen molar-refractivity contribution in [3.63, 3.8) is 0 Å². The van der Waals surface area contributed by atoms with Gasteiger partial charge in [-0.3, -0.25) is 9.59 Å². The van der Waals surface area contributed by atoms with Gasteiger partial charge in [0.05, 0.1) is 19.3 Å². The van der Waals surface area contributed by atoms with Crippen LogP contribution in [0.3, 0.4) is 0 Å². The van der Waals surface area contributed by atoms with Crippen LogP contribution < -0.4 is 0 Å². The van der Waals surface area contributed by atoms with Gasteiger partial charge in [0.15, 0.2) is 0 Å². The van der Waals surface area contributed by atoms with Gasteiger partial charge in [0, 0.05) is 19.3 Å². The van der Waals surface area contributed by atoms with E-state index in [1.54, 1.807) is 0 Å². The number of carbonyl (C=O) groups excluding carboxylic acids is 2. The molecule has 30 heavy (non-hydrogen) atoms. The van der Waals surface area contributed by atoms with Crippen LogP contribution in [0.15, 0.2) is 0 Å². The molecule has 0 bridgehead atoms. The Hall–Kier alpha value is -0.940. The van der Waals surface area contributed by atoms with Gasteiger partial charge in [-0.1, -0.05) is 20.8 Å². The molecule has 0 aromatic rings. The highest BCUT2D eigenvalue weighted by atomic mass is 16.5. The predicted molar refractivity (Wildman–Crippen MR) is 113 cm³/mol. The second-order valence-corrected chi connectivity index (χ2v) is 11.4. The van der Waals surface area contributed by atoms with E-state index in [1.807, 2.05) is 0 Å². The molecular formula is C25H40O5. The molecule has 170 valence electrons. The highest BCUT2D eigenvalue weighted by molar-refractivity contribution is 5.79. The zero-order valence-corrected chi connectivity index (χ0v) is 19.1. The van der Waals surface area contributed by atoms with Crippen molar-refractivity contribution in [2.45, 2.75) is 90.8 Å². The number of fused-ring (bicyclic) bond motifs is 5. The van der Waals surface area contributed by atoms with Crippen LogP contribution in [0.4, 0.5) is 0 Å². The Morgan fingerprint density at radius 1 is 1.20 bits per heavy atom. The third-order valence-electron chi connectivity index (χ3n) is 10.4. The van der Waals surface area contributed by atoms with Gasteiger partial charge >= 0.3 is 5.97 Å². The smallest absolute Gasteiger partial charge is 0.305 e. The van der Waals surface area contributed by atoms with Crippen molar-refractivity contribution < 1.29 is 24.5 Å². The van der Waals surface area contributed by atoms with Crippen molar-refractivity contribution in [1.82, 2.24) is 0 Å². The van der Waals surface area contributed by atoms with Crippen LogP contribution >= 0.6 is 0 Å². The second-order valence-electron chi connectivity index (χ2n) is 11.4. The minimum absolute atomic E-state index is 0.0503. The molecule has 0 heterocycles. The number of aliphatic hydroxyl groups is 2. The largest absolute Gasteiger partial charge is 0.469 e. The number of rotatable bonds is 4. The number of methoxy groups -OCH3 is 1. The Labute approximate surface area is 180 Å². The first-order valence-corrected chi connectivity index (χ1v) is 12.1. The Morgan fingerprint density at radius 3 is 2.63 bits per heavy atom. The summed E-state index contributed by atoms with van der Waals surface area (Å²) in [6.07, 6.45) is 6.15. The standard InChI is InChI=1S/C25H40O5/c1-14(5-8-22(29)30-4)17-6-7-18-23-19(13-21(28)25(17,18)3)24(2)10-9-16(26)11-15(24)12-20(23)27/h14-15,17-21,23,27-28H,5-13H2,1-4H3/t14-,15-,17-,18?,19+,20-,21+,23+,24+,25-/m0/s1. The van der Waals surface area contributed by atoms with Crippen molar-refractivity contribution in [2.75, 3.05) is 7.11 Å². The van der Waals surface area contributed by atoms with Crippen molar-refractivity contribution in [2.24, 2.45) is 46.3 Å². The first kappa shape index (κ1) is 22.3. The summed E-state index contributed by atoms with van der Waals surface area (Å²) in [6, 6.07) is 0. The number of carbonyl (C=O) groups is 2. The first-order valence-electron chi connectivity index (χ1n) is 12.1. The molecule has 4 aliphatic carbocycles. The van der Waals surface area contributed by atoms with Gasteiger partial charge in [-0.15, -0.1) is 0 Å². The lowest BCUT2D eigenvalue weighted by atomic mass is 9.43. The summed E-state index contributed by atoms with van der Waals surface area (Å²) >= 11 is 0. The number of esters is 1. The fourth-order valence-electron chi connectivity index (χ4n) is 8.59. The molecule has 0 saturated heterocycles. The monoisotopic (exact) mass is 420 g/mol. The number of ether oxygens (including phenoxy) is 1. The van der Waals surface area contributed by atoms with E-state index >= 15 is 0 Å². The van der Waals surface area contributed by atoms with E-state index in [-0.39, 0.29) is 40.7 Å². The summed E-state index contributed by atoms with van der Waals surface area (Å²) in [7, 11) is 1.43. The number of aliphatic hydroxyl groups excluding tert-OH is 2. The maximum atomic E-state index is 12.1. The average Bonchev–Trinajstić information content (AvgIpc) is 3.06. The van der Waals surface area contributed by atoms with Crippen molar-refractivity contribution >= 4 is 11.8 Å². The molecule has 5 heteroatoms. The third-order valence-corrected chi connectivity index (χ3v) is 10.4. The quantitative estimate of drug-likeness (QED) is 0.677. The molecule has 0 aromatic heterocycles. The second kappa shape index (κ2) is 7.88. The van der Waals surface area contributed by atoms with Gasteiger partial charge in [-0.05, 0) is 84.9 Å².